The molecule has 0 aliphatic carbocycles. The molecule has 1 unspecified atom stereocenters. The van der Waals surface area contributed by atoms with Crippen LogP contribution in [0.15, 0.2) is 12.1 Å². The number of carbonyl (C=O) groups excluding carboxylic acids is 1. The van der Waals surface area contributed by atoms with Gasteiger partial charge < -0.3 is 15.7 Å². The summed E-state index contributed by atoms with van der Waals surface area (Å²) in [7, 11) is 0. The Hall–Kier alpha value is -1.76. The van der Waals surface area contributed by atoms with Gasteiger partial charge >= 0.3 is 6.03 Å². The zero-order valence-corrected chi connectivity index (χ0v) is 12.6. The zero-order chi connectivity index (χ0) is 16.7. The third-order valence-corrected chi connectivity index (χ3v) is 3.24. The Balaban J connectivity index is 2.28. The number of rotatable bonds is 7. The van der Waals surface area contributed by atoms with Gasteiger partial charge in [0.05, 0.1) is 6.10 Å². The van der Waals surface area contributed by atoms with Crippen LogP contribution in [0, 0.1) is 23.4 Å². The van der Waals surface area contributed by atoms with Crippen molar-refractivity contribution in [2.24, 2.45) is 5.92 Å². The largest absolute Gasteiger partial charge is 0.393 e. The Bertz CT molecular complexity index is 487. The van der Waals surface area contributed by atoms with Crippen molar-refractivity contribution in [2.45, 2.75) is 32.8 Å². The van der Waals surface area contributed by atoms with Crippen molar-refractivity contribution in [3.05, 3.63) is 35.1 Å². The molecule has 1 rings (SSSR count). The highest BCUT2D eigenvalue weighted by Crippen LogP contribution is 2.13. The second kappa shape index (κ2) is 8.63. The molecule has 0 radical (unpaired) electrons. The molecule has 0 saturated carbocycles. The van der Waals surface area contributed by atoms with Crippen LogP contribution in [0.25, 0.3) is 0 Å². The van der Waals surface area contributed by atoms with Crippen molar-refractivity contribution in [1.29, 1.82) is 0 Å². The van der Waals surface area contributed by atoms with Gasteiger partial charge in [0.2, 0.25) is 0 Å². The first-order chi connectivity index (χ1) is 10.3. The number of aliphatic hydroxyl groups is 1. The van der Waals surface area contributed by atoms with E-state index in [0.717, 1.165) is 12.1 Å². The third-order valence-electron chi connectivity index (χ3n) is 3.24. The maximum atomic E-state index is 13.0. The molecule has 1 aromatic carbocycles. The first-order valence-corrected chi connectivity index (χ1v) is 7.14. The maximum absolute atomic E-state index is 13.0. The first-order valence-electron chi connectivity index (χ1n) is 7.14. The van der Waals surface area contributed by atoms with Crippen LogP contribution in [0.4, 0.5) is 18.0 Å². The Morgan fingerprint density at radius 2 is 1.68 bits per heavy atom. The number of nitrogens with one attached hydrogen (secondary N) is 2. The van der Waals surface area contributed by atoms with E-state index in [-0.39, 0.29) is 24.4 Å². The fraction of sp³-hybridized carbons (Fsp3) is 0.533. The molecule has 4 nitrogen and oxygen atoms in total. The smallest absolute Gasteiger partial charge is 0.314 e. The molecule has 124 valence electrons. The van der Waals surface area contributed by atoms with Gasteiger partial charge in [0.25, 0.3) is 0 Å². The van der Waals surface area contributed by atoms with Gasteiger partial charge in [-0.05, 0) is 36.5 Å². The quantitative estimate of drug-likeness (QED) is 0.676. The van der Waals surface area contributed by atoms with Gasteiger partial charge in [0.15, 0.2) is 17.5 Å². The Morgan fingerprint density at radius 1 is 1.14 bits per heavy atom. The first kappa shape index (κ1) is 18.3. The average Bonchev–Trinajstić information content (AvgIpc) is 2.44. The predicted octanol–water partition coefficient (Wildman–Crippen LogP) is 2.35. The van der Waals surface area contributed by atoms with E-state index in [9.17, 15) is 23.1 Å². The second-order valence-electron chi connectivity index (χ2n) is 5.41. The van der Waals surface area contributed by atoms with E-state index < -0.39 is 29.6 Å². The summed E-state index contributed by atoms with van der Waals surface area (Å²) in [4.78, 5) is 11.5. The minimum atomic E-state index is -1.50. The van der Waals surface area contributed by atoms with Gasteiger partial charge in [-0.1, -0.05) is 13.8 Å². The van der Waals surface area contributed by atoms with E-state index in [4.69, 9.17) is 0 Å². The summed E-state index contributed by atoms with van der Waals surface area (Å²) in [6.45, 7) is 4.24. The Labute approximate surface area is 127 Å². The monoisotopic (exact) mass is 318 g/mol. The SMILES string of the molecule is CC(C)C(O)CCNC(=O)NCCc1cc(F)c(F)c(F)c1. The van der Waals surface area contributed by atoms with Gasteiger partial charge in [-0.25, -0.2) is 18.0 Å². The lowest BCUT2D eigenvalue weighted by molar-refractivity contribution is 0.116. The van der Waals surface area contributed by atoms with Crippen LogP contribution in [0.5, 0.6) is 0 Å². The zero-order valence-electron chi connectivity index (χ0n) is 12.6. The van der Waals surface area contributed by atoms with E-state index in [1.807, 2.05) is 13.8 Å². The predicted molar refractivity (Wildman–Crippen MR) is 76.9 cm³/mol. The summed E-state index contributed by atoms with van der Waals surface area (Å²) >= 11 is 0. The fourth-order valence-electron chi connectivity index (χ4n) is 1.80. The molecule has 0 aliphatic heterocycles. The topological polar surface area (TPSA) is 61.4 Å². The molecule has 0 saturated heterocycles. The summed E-state index contributed by atoms with van der Waals surface area (Å²) in [5.74, 6) is -3.88. The van der Waals surface area contributed by atoms with Crippen LogP contribution in [-0.2, 0) is 6.42 Å². The standard InChI is InChI=1S/C15H21F3N2O2/c1-9(2)13(21)4-6-20-15(22)19-5-3-10-7-11(16)14(18)12(17)8-10/h7-9,13,21H,3-6H2,1-2H3,(H2,19,20,22). The maximum Gasteiger partial charge on any atom is 0.314 e. The molecule has 2 amide bonds. The number of amides is 2. The van der Waals surface area contributed by atoms with E-state index in [0.29, 0.717) is 13.0 Å². The van der Waals surface area contributed by atoms with Crippen LogP contribution in [0.1, 0.15) is 25.8 Å². The molecule has 0 aromatic heterocycles. The molecule has 1 atom stereocenters. The van der Waals surface area contributed by atoms with E-state index in [1.54, 1.807) is 0 Å². The molecule has 1 aromatic rings. The van der Waals surface area contributed by atoms with Crippen molar-refractivity contribution in [2.75, 3.05) is 13.1 Å². The lowest BCUT2D eigenvalue weighted by atomic mass is 10.0. The van der Waals surface area contributed by atoms with Crippen LogP contribution >= 0.6 is 0 Å². The summed E-state index contributed by atoms with van der Waals surface area (Å²) in [5.41, 5.74) is 0.256. The number of aliphatic hydroxyl groups excluding tert-OH is 1. The van der Waals surface area contributed by atoms with Crippen LogP contribution in [0.2, 0.25) is 0 Å². The van der Waals surface area contributed by atoms with Gasteiger partial charge in [-0.15, -0.1) is 0 Å². The fourth-order valence-corrected chi connectivity index (χ4v) is 1.80. The van der Waals surface area contributed by atoms with Gasteiger partial charge in [-0.2, -0.15) is 0 Å². The highest BCUT2D eigenvalue weighted by Gasteiger charge is 2.11. The number of benzene rings is 1. The summed E-state index contributed by atoms with van der Waals surface area (Å²) in [6.07, 6.45) is 0.140. The summed E-state index contributed by atoms with van der Waals surface area (Å²) in [5, 5.41) is 14.7. The van der Waals surface area contributed by atoms with E-state index >= 15 is 0 Å². The molecule has 0 spiro atoms. The van der Waals surface area contributed by atoms with Gasteiger partial charge in [0.1, 0.15) is 0 Å². The Morgan fingerprint density at radius 3 is 2.23 bits per heavy atom. The molecule has 0 bridgehead atoms. The molecule has 22 heavy (non-hydrogen) atoms. The molecular weight excluding hydrogens is 297 g/mol. The molecule has 0 fully saturated rings. The lowest BCUT2D eigenvalue weighted by Gasteiger charge is -2.14. The highest BCUT2D eigenvalue weighted by atomic mass is 19.2. The molecule has 0 heterocycles. The van der Waals surface area contributed by atoms with Crippen LogP contribution < -0.4 is 10.6 Å². The Kier molecular flexibility index (Phi) is 7.17. The summed E-state index contributed by atoms with van der Waals surface area (Å²) < 4.78 is 38.8. The second-order valence-corrected chi connectivity index (χ2v) is 5.41. The van der Waals surface area contributed by atoms with Crippen LogP contribution in [-0.4, -0.2) is 30.3 Å². The van der Waals surface area contributed by atoms with Crippen LogP contribution in [0.3, 0.4) is 0 Å². The normalized spacial score (nSPS) is 12.3. The van der Waals surface area contributed by atoms with Crippen molar-refractivity contribution >= 4 is 6.03 Å². The van der Waals surface area contributed by atoms with Crippen molar-refractivity contribution in [3.8, 4) is 0 Å². The average molecular weight is 318 g/mol. The van der Waals surface area contributed by atoms with Gasteiger partial charge in [-0.3, -0.25) is 0 Å². The highest BCUT2D eigenvalue weighted by molar-refractivity contribution is 5.73. The summed E-state index contributed by atoms with van der Waals surface area (Å²) in [6, 6.07) is 1.37. The van der Waals surface area contributed by atoms with Crippen molar-refractivity contribution < 1.29 is 23.1 Å². The minimum Gasteiger partial charge on any atom is -0.393 e. The number of halogens is 3. The lowest BCUT2D eigenvalue weighted by Crippen LogP contribution is -2.38. The van der Waals surface area contributed by atoms with Crippen molar-refractivity contribution in [1.82, 2.24) is 10.6 Å². The van der Waals surface area contributed by atoms with E-state index in [1.165, 1.54) is 0 Å². The number of carbonyl (C=O) groups is 1. The third kappa shape index (κ3) is 5.93. The molecule has 0 aliphatic rings. The van der Waals surface area contributed by atoms with E-state index in [2.05, 4.69) is 10.6 Å². The molecule has 7 heteroatoms. The minimum absolute atomic E-state index is 0.119. The number of hydrogen-bond donors (Lipinski definition) is 3. The molecular formula is C15H21F3N2O2. The molecule has 3 N–H and O–H groups in total. The van der Waals surface area contributed by atoms with Crippen molar-refractivity contribution in [3.63, 3.8) is 0 Å². The number of urea groups is 1. The number of hydrogen-bond acceptors (Lipinski definition) is 2. The van der Waals surface area contributed by atoms with Gasteiger partial charge in [0, 0.05) is 13.1 Å².